The summed E-state index contributed by atoms with van der Waals surface area (Å²) in [4.78, 5) is 22.1. The quantitative estimate of drug-likeness (QED) is 0.404. The maximum absolute atomic E-state index is 11.0. The van der Waals surface area contributed by atoms with Crippen LogP contribution >= 0.6 is 0 Å². The SMILES string of the molecule is O=C(O)c1cc(N=Nc2ccc(N=Nc3ccc(O)c(C(=O)O)c3)cc2)ccc1O. The highest BCUT2D eigenvalue weighted by molar-refractivity contribution is 5.92. The molecular weight excluding hydrogens is 392 g/mol. The smallest absolute Gasteiger partial charge is 0.339 e. The molecule has 3 rings (SSSR count). The van der Waals surface area contributed by atoms with E-state index < -0.39 is 11.9 Å². The van der Waals surface area contributed by atoms with Crippen molar-refractivity contribution in [1.82, 2.24) is 0 Å². The molecule has 4 N–H and O–H groups in total. The fourth-order valence-corrected chi connectivity index (χ4v) is 2.33. The minimum absolute atomic E-state index is 0.260. The molecule has 0 radical (unpaired) electrons. The molecule has 3 aromatic carbocycles. The van der Waals surface area contributed by atoms with E-state index >= 15 is 0 Å². The van der Waals surface area contributed by atoms with Gasteiger partial charge < -0.3 is 20.4 Å². The molecule has 0 saturated heterocycles. The Morgan fingerprint density at radius 3 is 1.17 bits per heavy atom. The number of phenols is 2. The number of carboxylic acids is 2. The maximum Gasteiger partial charge on any atom is 0.339 e. The van der Waals surface area contributed by atoms with Crippen LogP contribution in [0.3, 0.4) is 0 Å². The molecule has 10 nitrogen and oxygen atoms in total. The van der Waals surface area contributed by atoms with E-state index in [1.807, 2.05) is 0 Å². The highest BCUT2D eigenvalue weighted by Crippen LogP contribution is 2.28. The first-order chi connectivity index (χ1) is 14.3. The number of aromatic hydroxyl groups is 2. The summed E-state index contributed by atoms with van der Waals surface area (Å²) in [5, 5.41) is 52.8. The van der Waals surface area contributed by atoms with Gasteiger partial charge in [-0.05, 0) is 60.7 Å². The van der Waals surface area contributed by atoms with Crippen LogP contribution in [0.1, 0.15) is 20.7 Å². The summed E-state index contributed by atoms with van der Waals surface area (Å²) >= 11 is 0. The van der Waals surface area contributed by atoms with Gasteiger partial charge >= 0.3 is 11.9 Å². The Hall–Kier alpha value is -4.60. The van der Waals surface area contributed by atoms with Gasteiger partial charge in [-0.3, -0.25) is 0 Å². The highest BCUT2D eigenvalue weighted by Gasteiger charge is 2.10. The Labute approximate surface area is 169 Å². The van der Waals surface area contributed by atoms with Crippen LogP contribution in [0.2, 0.25) is 0 Å². The zero-order valence-corrected chi connectivity index (χ0v) is 15.2. The van der Waals surface area contributed by atoms with Crippen molar-refractivity contribution in [1.29, 1.82) is 0 Å². The van der Waals surface area contributed by atoms with E-state index in [2.05, 4.69) is 20.5 Å². The number of hydrogen-bond donors (Lipinski definition) is 4. The summed E-state index contributed by atoms with van der Waals surface area (Å²) in [6.45, 7) is 0. The van der Waals surface area contributed by atoms with Crippen molar-refractivity contribution in [2.45, 2.75) is 0 Å². The Morgan fingerprint density at radius 1 is 0.533 bits per heavy atom. The molecule has 10 heteroatoms. The standard InChI is InChI=1S/C20H14N4O6/c25-17-7-5-13(9-15(17)19(27)28)23-21-11-1-2-12(4-3-11)22-24-14-6-8-18(26)16(10-14)20(29)30/h1-10,25-26H,(H,27,28)(H,29,30). The van der Waals surface area contributed by atoms with Gasteiger partial charge in [0, 0.05) is 0 Å². The lowest BCUT2D eigenvalue weighted by Crippen LogP contribution is -1.95. The Bertz CT molecular complexity index is 1080. The normalized spacial score (nSPS) is 11.2. The van der Waals surface area contributed by atoms with Gasteiger partial charge in [0.25, 0.3) is 0 Å². The van der Waals surface area contributed by atoms with Gasteiger partial charge in [0.2, 0.25) is 0 Å². The van der Waals surface area contributed by atoms with Gasteiger partial charge in [-0.1, -0.05) is 0 Å². The first-order valence-electron chi connectivity index (χ1n) is 8.39. The van der Waals surface area contributed by atoms with Gasteiger partial charge in [0.15, 0.2) is 0 Å². The molecule has 0 fully saturated rings. The third-order valence-electron chi connectivity index (χ3n) is 3.83. The fraction of sp³-hybridized carbons (Fsp3) is 0. The van der Waals surface area contributed by atoms with Crippen LogP contribution < -0.4 is 0 Å². The summed E-state index contributed by atoms with van der Waals surface area (Å²) in [6, 6.07) is 14.1. The van der Waals surface area contributed by atoms with E-state index in [1.54, 1.807) is 24.3 Å². The Balaban J connectivity index is 1.72. The molecule has 0 aliphatic carbocycles. The van der Waals surface area contributed by atoms with Gasteiger partial charge in [0.1, 0.15) is 22.6 Å². The molecule has 30 heavy (non-hydrogen) atoms. The van der Waals surface area contributed by atoms with Crippen molar-refractivity contribution in [3.8, 4) is 11.5 Å². The number of rotatable bonds is 6. The van der Waals surface area contributed by atoms with Crippen molar-refractivity contribution in [2.75, 3.05) is 0 Å². The summed E-state index contributed by atoms with van der Waals surface area (Å²) in [5.41, 5.74) is 0.907. The third kappa shape index (κ3) is 4.81. The lowest BCUT2D eigenvalue weighted by Gasteiger charge is -2.00. The zero-order valence-electron chi connectivity index (χ0n) is 15.2. The number of carboxylic acid groups (broad SMARTS) is 2. The molecule has 0 spiro atoms. The summed E-state index contributed by atoms with van der Waals surface area (Å²) < 4.78 is 0. The number of benzene rings is 3. The van der Waals surface area contributed by atoms with E-state index in [9.17, 15) is 19.8 Å². The Morgan fingerprint density at radius 2 is 0.833 bits per heavy atom. The molecule has 0 bridgehead atoms. The van der Waals surface area contributed by atoms with Gasteiger partial charge in [-0.15, -0.1) is 0 Å². The van der Waals surface area contributed by atoms with Crippen LogP contribution in [0.5, 0.6) is 11.5 Å². The maximum atomic E-state index is 11.0. The molecule has 0 saturated carbocycles. The molecule has 150 valence electrons. The number of hydrogen-bond acceptors (Lipinski definition) is 8. The average Bonchev–Trinajstić information content (AvgIpc) is 2.73. The number of nitrogens with zero attached hydrogens (tertiary/aromatic N) is 4. The van der Waals surface area contributed by atoms with Crippen LogP contribution in [-0.4, -0.2) is 32.4 Å². The minimum Gasteiger partial charge on any atom is -0.507 e. The topological polar surface area (TPSA) is 164 Å². The lowest BCUT2D eigenvalue weighted by molar-refractivity contribution is 0.0682. The monoisotopic (exact) mass is 406 g/mol. The van der Waals surface area contributed by atoms with Crippen molar-refractivity contribution in [3.63, 3.8) is 0 Å². The van der Waals surface area contributed by atoms with E-state index in [0.717, 1.165) is 0 Å². The number of aromatic carboxylic acids is 2. The number of azo groups is 2. The number of carbonyl (C=O) groups is 2. The molecular formula is C20H14N4O6. The van der Waals surface area contributed by atoms with E-state index in [-0.39, 0.29) is 34.0 Å². The third-order valence-corrected chi connectivity index (χ3v) is 3.83. The summed E-state index contributed by atoms with van der Waals surface area (Å²) in [5.74, 6) is -3.27. The van der Waals surface area contributed by atoms with Crippen molar-refractivity contribution in [3.05, 3.63) is 71.8 Å². The van der Waals surface area contributed by atoms with Crippen molar-refractivity contribution < 1.29 is 30.0 Å². The van der Waals surface area contributed by atoms with E-state index in [0.29, 0.717) is 11.4 Å². The predicted molar refractivity (Wildman–Crippen MR) is 105 cm³/mol. The predicted octanol–water partition coefficient (Wildman–Crippen LogP) is 5.33. The largest absolute Gasteiger partial charge is 0.507 e. The van der Waals surface area contributed by atoms with E-state index in [1.165, 1.54) is 36.4 Å². The Kier molecular flexibility index (Phi) is 5.78. The minimum atomic E-state index is -1.27. The van der Waals surface area contributed by atoms with Crippen LogP contribution in [0.25, 0.3) is 0 Å². The van der Waals surface area contributed by atoms with Crippen molar-refractivity contribution >= 4 is 34.7 Å². The highest BCUT2D eigenvalue weighted by atomic mass is 16.4. The second-order valence-electron chi connectivity index (χ2n) is 5.93. The first kappa shape index (κ1) is 20.1. The van der Waals surface area contributed by atoms with Crippen LogP contribution in [-0.2, 0) is 0 Å². The molecule has 0 heterocycles. The molecule has 3 aromatic rings. The first-order valence-corrected chi connectivity index (χ1v) is 8.39. The van der Waals surface area contributed by atoms with Gasteiger partial charge in [0.05, 0.1) is 22.7 Å². The van der Waals surface area contributed by atoms with Crippen LogP contribution in [0, 0.1) is 0 Å². The average molecular weight is 406 g/mol. The second-order valence-corrected chi connectivity index (χ2v) is 5.93. The van der Waals surface area contributed by atoms with E-state index in [4.69, 9.17) is 10.2 Å². The van der Waals surface area contributed by atoms with Crippen molar-refractivity contribution in [2.24, 2.45) is 20.5 Å². The summed E-state index contributed by atoms with van der Waals surface area (Å²) in [7, 11) is 0. The second kappa shape index (κ2) is 8.61. The summed E-state index contributed by atoms with van der Waals surface area (Å²) in [6.07, 6.45) is 0. The molecule has 0 unspecified atom stereocenters. The zero-order chi connectivity index (χ0) is 21.7. The van der Waals surface area contributed by atoms with Gasteiger partial charge in [-0.25, -0.2) is 9.59 Å². The molecule has 0 amide bonds. The fourth-order valence-electron chi connectivity index (χ4n) is 2.33. The van der Waals surface area contributed by atoms with Crippen LogP contribution in [0.15, 0.2) is 81.1 Å². The molecule has 0 atom stereocenters. The van der Waals surface area contributed by atoms with Gasteiger partial charge in [-0.2, -0.15) is 20.5 Å². The molecule has 0 aliphatic rings. The van der Waals surface area contributed by atoms with Crippen LogP contribution in [0.4, 0.5) is 22.7 Å². The molecule has 0 aliphatic heterocycles. The molecule has 0 aromatic heterocycles. The lowest BCUT2D eigenvalue weighted by atomic mass is 10.2.